The van der Waals surface area contributed by atoms with Crippen LogP contribution in [0, 0.1) is 0 Å². The predicted molar refractivity (Wildman–Crippen MR) is 68.8 cm³/mol. The molecule has 0 spiro atoms. The van der Waals surface area contributed by atoms with Gasteiger partial charge in [0.15, 0.2) is 0 Å². The number of aliphatic carboxylic acids is 1. The number of rotatable bonds is 4. The first-order valence-corrected chi connectivity index (χ1v) is 6.38. The van der Waals surface area contributed by atoms with Gasteiger partial charge in [-0.15, -0.1) is 0 Å². The highest BCUT2D eigenvalue weighted by molar-refractivity contribution is 5.66. The van der Waals surface area contributed by atoms with Crippen molar-refractivity contribution < 1.29 is 15.0 Å². The van der Waals surface area contributed by atoms with Crippen LogP contribution in [0.15, 0.2) is 24.3 Å². The smallest absolute Gasteiger partial charge is 0.304 e. The highest BCUT2D eigenvalue weighted by Gasteiger charge is 2.21. The number of benzene rings is 1. The van der Waals surface area contributed by atoms with Gasteiger partial charge in [0, 0.05) is 13.1 Å². The third kappa shape index (κ3) is 3.47. The standard InChI is InChI=1S/C14H19NO3/c16-13-5-1-3-11(9-13)12-4-2-7-15(10-12)8-6-14(17)18/h1,3,5,9,12,16H,2,4,6-8,10H2,(H,17,18). The lowest BCUT2D eigenvalue weighted by Gasteiger charge is -2.32. The average molecular weight is 249 g/mol. The van der Waals surface area contributed by atoms with Gasteiger partial charge in [-0.1, -0.05) is 12.1 Å². The molecule has 1 aliphatic rings. The largest absolute Gasteiger partial charge is 0.508 e. The number of likely N-dealkylation sites (tertiary alicyclic amines) is 1. The van der Waals surface area contributed by atoms with Crippen LogP contribution < -0.4 is 0 Å². The zero-order valence-corrected chi connectivity index (χ0v) is 10.4. The maximum atomic E-state index is 10.6. The summed E-state index contributed by atoms with van der Waals surface area (Å²) in [6, 6.07) is 7.38. The first-order valence-electron chi connectivity index (χ1n) is 6.38. The molecule has 1 saturated heterocycles. The van der Waals surface area contributed by atoms with Crippen LogP contribution in [0.4, 0.5) is 0 Å². The number of carboxylic acids is 1. The molecule has 0 bridgehead atoms. The van der Waals surface area contributed by atoms with Gasteiger partial charge in [-0.3, -0.25) is 4.79 Å². The lowest BCUT2D eigenvalue weighted by atomic mass is 9.90. The predicted octanol–water partition coefficient (Wildman–Crippen LogP) is 2.05. The Morgan fingerprint density at radius 2 is 2.28 bits per heavy atom. The summed E-state index contributed by atoms with van der Waals surface area (Å²) in [6.45, 7) is 2.48. The van der Waals surface area contributed by atoms with Gasteiger partial charge in [-0.2, -0.15) is 0 Å². The Labute approximate surface area is 107 Å². The lowest BCUT2D eigenvalue weighted by Crippen LogP contribution is -2.35. The summed E-state index contributed by atoms with van der Waals surface area (Å²) in [5, 5.41) is 18.2. The van der Waals surface area contributed by atoms with Crippen molar-refractivity contribution in [3.05, 3.63) is 29.8 Å². The molecule has 4 heteroatoms. The average Bonchev–Trinajstić information content (AvgIpc) is 2.37. The molecule has 98 valence electrons. The van der Waals surface area contributed by atoms with E-state index in [4.69, 9.17) is 5.11 Å². The Kier molecular flexibility index (Phi) is 4.20. The Bertz CT molecular complexity index is 419. The van der Waals surface area contributed by atoms with Crippen LogP contribution >= 0.6 is 0 Å². The van der Waals surface area contributed by atoms with Gasteiger partial charge in [-0.05, 0) is 43.0 Å². The second-order valence-electron chi connectivity index (χ2n) is 4.88. The maximum Gasteiger partial charge on any atom is 0.304 e. The van der Waals surface area contributed by atoms with Gasteiger partial charge in [0.05, 0.1) is 6.42 Å². The fraction of sp³-hybridized carbons (Fsp3) is 0.500. The zero-order valence-electron chi connectivity index (χ0n) is 10.4. The van der Waals surface area contributed by atoms with Gasteiger partial charge in [0.1, 0.15) is 5.75 Å². The Morgan fingerprint density at radius 3 is 3.00 bits per heavy atom. The fourth-order valence-corrected chi connectivity index (χ4v) is 2.56. The van der Waals surface area contributed by atoms with Crippen LogP contribution in [0.1, 0.15) is 30.7 Å². The van der Waals surface area contributed by atoms with Crippen molar-refractivity contribution in [3.63, 3.8) is 0 Å². The van der Waals surface area contributed by atoms with Crippen LogP contribution in [-0.4, -0.2) is 40.7 Å². The molecular weight excluding hydrogens is 230 g/mol. The molecule has 1 aromatic carbocycles. The first kappa shape index (κ1) is 12.9. The number of aromatic hydroxyl groups is 1. The first-order chi connectivity index (χ1) is 8.65. The summed E-state index contributed by atoms with van der Waals surface area (Å²) < 4.78 is 0. The molecule has 4 nitrogen and oxygen atoms in total. The number of nitrogens with zero attached hydrogens (tertiary/aromatic N) is 1. The van der Waals surface area contributed by atoms with E-state index in [0.29, 0.717) is 18.2 Å². The van der Waals surface area contributed by atoms with E-state index in [2.05, 4.69) is 4.90 Å². The summed E-state index contributed by atoms with van der Waals surface area (Å²) in [5.41, 5.74) is 1.15. The molecule has 18 heavy (non-hydrogen) atoms. The minimum absolute atomic E-state index is 0.201. The van der Waals surface area contributed by atoms with Crippen molar-refractivity contribution in [3.8, 4) is 5.75 Å². The molecule has 1 atom stereocenters. The molecule has 1 unspecified atom stereocenters. The van der Waals surface area contributed by atoms with Gasteiger partial charge in [0.2, 0.25) is 0 Å². The third-order valence-electron chi connectivity index (χ3n) is 3.49. The Morgan fingerprint density at radius 1 is 1.44 bits per heavy atom. The normalized spacial score (nSPS) is 20.8. The number of carboxylic acid groups (broad SMARTS) is 1. The number of hydrogen-bond donors (Lipinski definition) is 2. The summed E-state index contributed by atoms with van der Waals surface area (Å²) in [4.78, 5) is 12.8. The van der Waals surface area contributed by atoms with Crippen molar-refractivity contribution in [1.82, 2.24) is 4.90 Å². The van der Waals surface area contributed by atoms with Crippen LogP contribution in [0.5, 0.6) is 5.75 Å². The van der Waals surface area contributed by atoms with Crippen molar-refractivity contribution in [2.75, 3.05) is 19.6 Å². The van der Waals surface area contributed by atoms with E-state index in [-0.39, 0.29) is 6.42 Å². The fourth-order valence-electron chi connectivity index (χ4n) is 2.56. The van der Waals surface area contributed by atoms with Gasteiger partial charge < -0.3 is 15.1 Å². The monoisotopic (exact) mass is 249 g/mol. The van der Waals surface area contributed by atoms with Crippen molar-refractivity contribution in [1.29, 1.82) is 0 Å². The summed E-state index contributed by atoms with van der Waals surface area (Å²) in [6.07, 6.45) is 2.39. The quantitative estimate of drug-likeness (QED) is 0.857. The van der Waals surface area contributed by atoms with Crippen LogP contribution in [0.3, 0.4) is 0 Å². The molecule has 0 radical (unpaired) electrons. The summed E-state index contributed by atoms with van der Waals surface area (Å²) >= 11 is 0. The van der Waals surface area contributed by atoms with Gasteiger partial charge in [-0.25, -0.2) is 0 Å². The van der Waals surface area contributed by atoms with Gasteiger partial charge >= 0.3 is 5.97 Å². The number of phenolic OH excluding ortho intramolecular Hbond substituents is 1. The SMILES string of the molecule is O=C(O)CCN1CCCC(c2cccc(O)c2)C1. The summed E-state index contributed by atoms with van der Waals surface area (Å²) in [7, 11) is 0. The molecule has 0 aromatic heterocycles. The highest BCUT2D eigenvalue weighted by atomic mass is 16.4. The minimum Gasteiger partial charge on any atom is -0.508 e. The second-order valence-corrected chi connectivity index (χ2v) is 4.88. The van der Waals surface area contributed by atoms with E-state index in [9.17, 15) is 9.90 Å². The van der Waals surface area contributed by atoms with Crippen molar-refractivity contribution >= 4 is 5.97 Å². The molecule has 0 aliphatic carbocycles. The molecule has 1 aromatic rings. The van der Waals surface area contributed by atoms with Crippen LogP contribution in [0.25, 0.3) is 0 Å². The molecular formula is C14H19NO3. The molecule has 1 heterocycles. The molecule has 2 N–H and O–H groups in total. The number of carbonyl (C=O) groups is 1. The minimum atomic E-state index is -0.741. The maximum absolute atomic E-state index is 10.6. The van der Waals surface area contributed by atoms with E-state index in [1.165, 1.54) is 0 Å². The molecule has 1 aliphatic heterocycles. The molecule has 0 saturated carbocycles. The Balaban J connectivity index is 1.96. The highest BCUT2D eigenvalue weighted by Crippen LogP contribution is 2.28. The van der Waals surface area contributed by atoms with E-state index < -0.39 is 5.97 Å². The zero-order chi connectivity index (χ0) is 13.0. The van der Waals surface area contributed by atoms with Gasteiger partial charge in [0.25, 0.3) is 0 Å². The molecule has 1 fully saturated rings. The second kappa shape index (κ2) is 5.87. The molecule has 2 rings (SSSR count). The number of piperidine rings is 1. The van der Waals surface area contributed by atoms with E-state index in [1.54, 1.807) is 6.07 Å². The van der Waals surface area contributed by atoms with Crippen molar-refractivity contribution in [2.24, 2.45) is 0 Å². The van der Waals surface area contributed by atoms with E-state index in [0.717, 1.165) is 31.5 Å². The third-order valence-corrected chi connectivity index (χ3v) is 3.49. The number of phenols is 1. The van der Waals surface area contributed by atoms with Crippen molar-refractivity contribution in [2.45, 2.75) is 25.2 Å². The number of hydrogen-bond acceptors (Lipinski definition) is 3. The van der Waals surface area contributed by atoms with Crippen LogP contribution in [0.2, 0.25) is 0 Å². The lowest BCUT2D eigenvalue weighted by molar-refractivity contribution is -0.137. The summed E-state index contributed by atoms with van der Waals surface area (Å²) in [5.74, 6) is -0.0377. The van der Waals surface area contributed by atoms with E-state index >= 15 is 0 Å². The van der Waals surface area contributed by atoms with Crippen LogP contribution in [-0.2, 0) is 4.79 Å². The topological polar surface area (TPSA) is 60.8 Å². The van der Waals surface area contributed by atoms with E-state index in [1.807, 2.05) is 18.2 Å². The molecule has 0 amide bonds. The Hall–Kier alpha value is -1.55.